The minimum atomic E-state index is -4.13. The molecule has 8 nitrogen and oxygen atoms in total. The van der Waals surface area contributed by atoms with Gasteiger partial charge in [0.05, 0.1) is 19.8 Å². The van der Waals surface area contributed by atoms with Gasteiger partial charge in [-0.2, -0.15) is 8.42 Å². The zero-order valence-electron chi connectivity index (χ0n) is 15.9. The van der Waals surface area contributed by atoms with Crippen molar-refractivity contribution in [1.82, 2.24) is 0 Å². The first-order valence-corrected chi connectivity index (χ1v) is 10.6. The van der Waals surface area contributed by atoms with Gasteiger partial charge in [0.15, 0.2) is 0 Å². The number of aryl methyl sites for hydroxylation is 1. The second-order valence-corrected chi connectivity index (χ2v) is 8.38. The van der Waals surface area contributed by atoms with Gasteiger partial charge in [-0.25, -0.2) is 9.59 Å². The quantitative estimate of drug-likeness (QED) is 0.223. The van der Waals surface area contributed by atoms with Crippen LogP contribution in [0.2, 0.25) is 0 Å². The van der Waals surface area contributed by atoms with Gasteiger partial charge in [0.1, 0.15) is 5.75 Å². The lowest BCUT2D eigenvalue weighted by Gasteiger charge is -2.06. The first kappa shape index (κ1) is 22.4. The number of rotatable bonds is 6. The highest BCUT2D eigenvalue weighted by molar-refractivity contribution is 8.15. The summed E-state index contributed by atoms with van der Waals surface area (Å²) in [5.74, 6) is -1.86. The Bertz CT molecular complexity index is 998. The van der Waals surface area contributed by atoms with Gasteiger partial charge in [-0.05, 0) is 36.8 Å². The van der Waals surface area contributed by atoms with Gasteiger partial charge in [-0.1, -0.05) is 46.7 Å². The van der Waals surface area contributed by atoms with Crippen LogP contribution >= 0.6 is 11.8 Å². The molecule has 0 aliphatic carbocycles. The van der Waals surface area contributed by atoms with Crippen molar-refractivity contribution in [3.63, 3.8) is 0 Å². The Morgan fingerprint density at radius 2 is 1.59 bits per heavy atom. The van der Waals surface area contributed by atoms with Crippen molar-refractivity contribution in [2.75, 3.05) is 14.2 Å². The number of esters is 2. The van der Waals surface area contributed by atoms with Gasteiger partial charge in [-0.15, -0.1) is 0 Å². The van der Waals surface area contributed by atoms with Crippen molar-refractivity contribution in [3.05, 3.63) is 65.2 Å². The number of methoxy groups -OCH3 is 2. The Hall–Kier alpha value is -2.85. The molecule has 0 saturated carbocycles. The fourth-order valence-corrected chi connectivity index (χ4v) is 3.70. The zero-order chi connectivity index (χ0) is 21.4. The maximum atomic E-state index is 12.2. The summed E-state index contributed by atoms with van der Waals surface area (Å²) in [7, 11) is -1.73. The molecular weight excluding hydrogens is 418 g/mol. The van der Waals surface area contributed by atoms with Crippen molar-refractivity contribution in [2.45, 2.75) is 17.6 Å². The molecule has 0 saturated heterocycles. The normalized spacial score (nSPS) is 11.6. The van der Waals surface area contributed by atoms with E-state index >= 15 is 0 Å². The molecule has 0 heterocycles. The second kappa shape index (κ2) is 10.1. The van der Waals surface area contributed by atoms with E-state index in [9.17, 15) is 18.0 Å². The molecule has 2 aromatic rings. The molecule has 0 aliphatic rings. The van der Waals surface area contributed by atoms with Crippen LogP contribution in [-0.2, 0) is 34.4 Å². The van der Waals surface area contributed by atoms with Gasteiger partial charge in [-0.3, -0.25) is 4.28 Å². The minimum Gasteiger partial charge on any atom is -0.465 e. The van der Waals surface area contributed by atoms with Crippen LogP contribution in [0, 0.1) is 6.92 Å². The van der Waals surface area contributed by atoms with Crippen molar-refractivity contribution >= 4 is 38.9 Å². The smallest absolute Gasteiger partial charge is 0.367 e. The molecule has 0 aliphatic heterocycles. The van der Waals surface area contributed by atoms with Gasteiger partial charge < -0.3 is 9.47 Å². The summed E-state index contributed by atoms with van der Waals surface area (Å²) in [5, 5.41) is 3.22. The van der Waals surface area contributed by atoms with Crippen molar-refractivity contribution in [1.29, 1.82) is 0 Å². The minimum absolute atomic E-state index is 0.263. The molecule has 0 unspecified atom stereocenters. The van der Waals surface area contributed by atoms with E-state index < -0.39 is 27.8 Å². The molecule has 0 radical (unpaired) electrons. The number of nitrogens with zero attached hydrogens (tertiary/aromatic N) is 1. The standard InChI is InChI=1S/C19H19NO7S2/c1-13-4-10-16(11-5-13)28-17(19(22)26-3)20-27-29(23,24)12-14-6-8-15(9-7-14)18(21)25-2/h4-11H,12H2,1-3H3/b20-17-. The number of carbonyl (C=O) groups excluding carboxylic acids is 2. The van der Waals surface area contributed by atoms with Gasteiger partial charge in [0.2, 0.25) is 5.04 Å². The molecule has 0 fully saturated rings. The molecule has 0 bridgehead atoms. The SMILES string of the molecule is COC(=O)/C(=N/OS(=O)(=O)Cc1ccc(C(=O)OC)cc1)Sc1ccc(C)cc1. The molecule has 0 N–H and O–H groups in total. The predicted octanol–water partition coefficient (Wildman–Crippen LogP) is 2.91. The number of carbonyl (C=O) groups is 2. The van der Waals surface area contributed by atoms with E-state index in [2.05, 4.69) is 18.9 Å². The lowest BCUT2D eigenvalue weighted by Crippen LogP contribution is -2.15. The number of ether oxygens (including phenoxy) is 2. The highest BCUT2D eigenvalue weighted by atomic mass is 32.2. The van der Waals surface area contributed by atoms with E-state index in [1.807, 2.05) is 19.1 Å². The highest BCUT2D eigenvalue weighted by Crippen LogP contribution is 2.21. The van der Waals surface area contributed by atoms with E-state index in [1.165, 1.54) is 31.4 Å². The van der Waals surface area contributed by atoms with E-state index in [4.69, 9.17) is 0 Å². The summed E-state index contributed by atoms with van der Waals surface area (Å²) in [6, 6.07) is 13.0. The van der Waals surface area contributed by atoms with Crippen LogP contribution in [-0.4, -0.2) is 39.6 Å². The van der Waals surface area contributed by atoms with Crippen molar-refractivity contribution in [3.8, 4) is 0 Å². The van der Waals surface area contributed by atoms with Crippen LogP contribution in [0.3, 0.4) is 0 Å². The third-order valence-corrected chi connectivity index (χ3v) is 5.48. The fraction of sp³-hybridized carbons (Fsp3) is 0.211. The van der Waals surface area contributed by atoms with E-state index in [0.717, 1.165) is 24.4 Å². The van der Waals surface area contributed by atoms with Gasteiger partial charge in [0, 0.05) is 4.90 Å². The monoisotopic (exact) mass is 437 g/mol. The Morgan fingerprint density at radius 1 is 0.966 bits per heavy atom. The summed E-state index contributed by atoms with van der Waals surface area (Å²) < 4.78 is 38.3. The van der Waals surface area contributed by atoms with Gasteiger partial charge >= 0.3 is 22.1 Å². The van der Waals surface area contributed by atoms with Crippen LogP contribution in [0.15, 0.2) is 58.6 Å². The van der Waals surface area contributed by atoms with Crippen molar-refractivity contribution < 1.29 is 31.8 Å². The number of hydrogen-bond donors (Lipinski definition) is 0. The number of oxime groups is 1. The first-order chi connectivity index (χ1) is 13.7. The van der Waals surface area contributed by atoms with Gasteiger partial charge in [0.25, 0.3) is 0 Å². The lowest BCUT2D eigenvalue weighted by atomic mass is 10.1. The average molecular weight is 437 g/mol. The molecular formula is C19H19NO7S2. The van der Waals surface area contributed by atoms with E-state index in [1.54, 1.807) is 12.1 Å². The molecule has 0 amide bonds. The number of hydrogen-bond acceptors (Lipinski definition) is 9. The van der Waals surface area contributed by atoms with Crippen LogP contribution in [0.5, 0.6) is 0 Å². The Kier molecular flexibility index (Phi) is 7.80. The Morgan fingerprint density at radius 3 is 2.14 bits per heavy atom. The summed E-state index contributed by atoms with van der Waals surface area (Å²) in [5.41, 5.74) is 1.69. The number of thioether (sulfide) groups is 1. The van der Waals surface area contributed by atoms with Crippen LogP contribution < -0.4 is 0 Å². The van der Waals surface area contributed by atoms with Crippen LogP contribution in [0.25, 0.3) is 0 Å². The van der Waals surface area contributed by atoms with E-state index in [0.29, 0.717) is 10.5 Å². The molecule has 0 atom stereocenters. The predicted molar refractivity (Wildman–Crippen MR) is 108 cm³/mol. The van der Waals surface area contributed by atoms with Crippen molar-refractivity contribution in [2.24, 2.45) is 5.16 Å². The molecule has 10 heteroatoms. The maximum absolute atomic E-state index is 12.2. The summed E-state index contributed by atoms with van der Waals surface area (Å²) in [4.78, 5) is 24.0. The maximum Gasteiger partial charge on any atom is 0.367 e. The molecule has 2 rings (SSSR count). The largest absolute Gasteiger partial charge is 0.465 e. The Balaban J connectivity index is 2.12. The molecule has 0 spiro atoms. The molecule has 29 heavy (non-hydrogen) atoms. The highest BCUT2D eigenvalue weighted by Gasteiger charge is 2.19. The fourth-order valence-electron chi connectivity index (χ4n) is 2.08. The zero-order valence-corrected chi connectivity index (χ0v) is 17.6. The molecule has 0 aromatic heterocycles. The lowest BCUT2D eigenvalue weighted by molar-refractivity contribution is -0.132. The van der Waals surface area contributed by atoms with E-state index in [-0.39, 0.29) is 10.6 Å². The molecule has 154 valence electrons. The Labute approximate surface area is 173 Å². The summed E-state index contributed by atoms with van der Waals surface area (Å²) in [6.45, 7) is 1.91. The van der Waals surface area contributed by atoms with Crippen LogP contribution in [0.4, 0.5) is 0 Å². The summed E-state index contributed by atoms with van der Waals surface area (Å²) >= 11 is 0.919. The second-order valence-electron chi connectivity index (χ2n) is 5.77. The first-order valence-electron chi connectivity index (χ1n) is 8.23. The molecule has 2 aromatic carbocycles. The third kappa shape index (κ3) is 6.91. The third-order valence-electron chi connectivity index (χ3n) is 3.55. The number of benzene rings is 2. The average Bonchev–Trinajstić information content (AvgIpc) is 2.71. The van der Waals surface area contributed by atoms with Crippen LogP contribution in [0.1, 0.15) is 21.5 Å². The summed E-state index contributed by atoms with van der Waals surface area (Å²) in [6.07, 6.45) is 0. The topological polar surface area (TPSA) is 108 Å².